The highest BCUT2D eigenvalue weighted by molar-refractivity contribution is 5.91. The van der Waals surface area contributed by atoms with Gasteiger partial charge >= 0.3 is 11.9 Å². The van der Waals surface area contributed by atoms with Crippen molar-refractivity contribution in [3.63, 3.8) is 0 Å². The minimum Gasteiger partial charge on any atom is -0.497 e. The average Bonchev–Trinajstić information content (AvgIpc) is 2.67. The van der Waals surface area contributed by atoms with Gasteiger partial charge < -0.3 is 29.2 Å². The minimum absolute atomic E-state index is 0.0989. The van der Waals surface area contributed by atoms with Crippen LogP contribution in [-0.4, -0.2) is 50.6 Å². The van der Waals surface area contributed by atoms with E-state index in [-0.39, 0.29) is 11.1 Å². The van der Waals surface area contributed by atoms with Gasteiger partial charge in [-0.05, 0) is 36.4 Å². The summed E-state index contributed by atoms with van der Waals surface area (Å²) in [6, 6.07) is 9.24. The zero-order valence-corrected chi connectivity index (χ0v) is 14.8. The van der Waals surface area contributed by atoms with Gasteiger partial charge in [-0.15, -0.1) is 0 Å². The highest BCUT2D eigenvalue weighted by Crippen LogP contribution is 2.24. The average molecular weight is 364 g/mol. The second kappa shape index (κ2) is 9.77. The molecule has 0 amide bonds. The number of carboxylic acid groups (broad SMARTS) is 2. The van der Waals surface area contributed by atoms with Gasteiger partial charge in [-0.25, -0.2) is 9.59 Å². The number of rotatable bonds is 6. The molecular formula is C18H20O8. The second-order valence-electron chi connectivity index (χ2n) is 4.74. The van der Waals surface area contributed by atoms with E-state index in [4.69, 9.17) is 29.2 Å². The van der Waals surface area contributed by atoms with Crippen molar-refractivity contribution in [2.45, 2.75) is 0 Å². The van der Waals surface area contributed by atoms with E-state index in [1.54, 1.807) is 24.3 Å². The van der Waals surface area contributed by atoms with Crippen LogP contribution in [0.5, 0.6) is 23.0 Å². The summed E-state index contributed by atoms with van der Waals surface area (Å²) in [5.41, 5.74) is 0.198. The van der Waals surface area contributed by atoms with Gasteiger partial charge in [0.2, 0.25) is 0 Å². The first kappa shape index (κ1) is 20.6. The van der Waals surface area contributed by atoms with Crippen LogP contribution in [-0.2, 0) is 0 Å². The second-order valence-corrected chi connectivity index (χ2v) is 4.74. The lowest BCUT2D eigenvalue weighted by atomic mass is 10.2. The first-order valence-electron chi connectivity index (χ1n) is 7.28. The van der Waals surface area contributed by atoms with Crippen molar-refractivity contribution in [3.05, 3.63) is 47.5 Å². The van der Waals surface area contributed by atoms with Crippen molar-refractivity contribution in [1.29, 1.82) is 0 Å². The van der Waals surface area contributed by atoms with Gasteiger partial charge in [-0.2, -0.15) is 0 Å². The molecule has 0 atom stereocenters. The highest BCUT2D eigenvalue weighted by atomic mass is 16.5. The van der Waals surface area contributed by atoms with Crippen LogP contribution in [0.25, 0.3) is 0 Å². The van der Waals surface area contributed by atoms with Gasteiger partial charge in [0.05, 0.1) is 28.4 Å². The van der Waals surface area contributed by atoms with E-state index < -0.39 is 11.9 Å². The summed E-state index contributed by atoms with van der Waals surface area (Å²) in [6.45, 7) is 0. The van der Waals surface area contributed by atoms with E-state index >= 15 is 0 Å². The number of methoxy groups -OCH3 is 4. The number of ether oxygens (including phenoxy) is 4. The molecule has 26 heavy (non-hydrogen) atoms. The molecule has 0 unspecified atom stereocenters. The SMILES string of the molecule is COc1ccc(OC)c(C(=O)O)c1.COc1ccc(OC)c(C(=O)O)c1. The molecule has 0 bridgehead atoms. The lowest BCUT2D eigenvalue weighted by molar-refractivity contribution is 0.0682. The van der Waals surface area contributed by atoms with Crippen LogP contribution in [0, 0.1) is 0 Å². The first-order chi connectivity index (χ1) is 12.4. The topological polar surface area (TPSA) is 112 Å². The first-order valence-corrected chi connectivity index (χ1v) is 7.28. The minimum atomic E-state index is -1.03. The maximum absolute atomic E-state index is 10.7. The van der Waals surface area contributed by atoms with E-state index in [0.29, 0.717) is 23.0 Å². The molecule has 0 aliphatic heterocycles. The Bertz CT molecular complexity index is 704. The Morgan fingerprint density at radius 3 is 1.23 bits per heavy atom. The Hall–Kier alpha value is -3.42. The molecule has 140 valence electrons. The van der Waals surface area contributed by atoms with Crippen LogP contribution in [0.1, 0.15) is 20.7 Å². The van der Waals surface area contributed by atoms with Gasteiger partial charge in [0, 0.05) is 0 Å². The highest BCUT2D eigenvalue weighted by Gasteiger charge is 2.12. The van der Waals surface area contributed by atoms with Crippen molar-refractivity contribution in [2.75, 3.05) is 28.4 Å². The third kappa shape index (κ3) is 5.30. The fourth-order valence-corrected chi connectivity index (χ4v) is 1.96. The Morgan fingerprint density at radius 1 is 0.654 bits per heavy atom. The number of hydrogen-bond donors (Lipinski definition) is 2. The molecule has 0 radical (unpaired) electrons. The van der Waals surface area contributed by atoms with E-state index in [0.717, 1.165) is 0 Å². The lowest BCUT2D eigenvalue weighted by Gasteiger charge is -2.06. The van der Waals surface area contributed by atoms with Crippen LogP contribution in [0.2, 0.25) is 0 Å². The van der Waals surface area contributed by atoms with Crippen molar-refractivity contribution >= 4 is 11.9 Å². The summed E-state index contributed by atoms with van der Waals surface area (Å²) in [6.07, 6.45) is 0. The van der Waals surface area contributed by atoms with Crippen LogP contribution in [0.4, 0.5) is 0 Å². The molecule has 0 heterocycles. The van der Waals surface area contributed by atoms with Crippen molar-refractivity contribution in [2.24, 2.45) is 0 Å². The number of benzene rings is 2. The molecule has 0 spiro atoms. The summed E-state index contributed by atoms with van der Waals surface area (Å²) in [5, 5.41) is 17.6. The predicted molar refractivity (Wildman–Crippen MR) is 93.0 cm³/mol. The van der Waals surface area contributed by atoms with Gasteiger partial charge in [0.15, 0.2) is 0 Å². The van der Waals surface area contributed by atoms with Crippen molar-refractivity contribution in [3.8, 4) is 23.0 Å². The summed E-state index contributed by atoms with van der Waals surface area (Å²) in [4.78, 5) is 21.4. The molecule has 0 saturated carbocycles. The fourth-order valence-electron chi connectivity index (χ4n) is 1.96. The molecule has 8 heteroatoms. The zero-order valence-electron chi connectivity index (χ0n) is 14.8. The molecule has 2 aromatic carbocycles. The third-order valence-corrected chi connectivity index (χ3v) is 3.27. The lowest BCUT2D eigenvalue weighted by Crippen LogP contribution is -2.00. The Kier molecular flexibility index (Phi) is 7.75. The molecule has 2 N–H and O–H groups in total. The Morgan fingerprint density at radius 2 is 1.00 bits per heavy atom. The van der Waals surface area contributed by atoms with Gasteiger partial charge in [0.25, 0.3) is 0 Å². The van der Waals surface area contributed by atoms with Crippen molar-refractivity contribution < 1.29 is 38.7 Å². The van der Waals surface area contributed by atoms with E-state index in [1.165, 1.54) is 40.6 Å². The summed E-state index contributed by atoms with van der Waals surface area (Å²) in [5.74, 6) is -0.412. The molecule has 2 rings (SSSR count). The number of aromatic carboxylic acids is 2. The molecule has 0 aliphatic rings. The van der Waals surface area contributed by atoms with Gasteiger partial charge in [-0.3, -0.25) is 0 Å². The Balaban J connectivity index is 0.000000260. The van der Waals surface area contributed by atoms with Crippen LogP contribution in [0.15, 0.2) is 36.4 Å². The molecule has 8 nitrogen and oxygen atoms in total. The molecule has 0 saturated heterocycles. The summed E-state index contributed by atoms with van der Waals surface area (Å²) in [7, 11) is 5.81. The van der Waals surface area contributed by atoms with Crippen molar-refractivity contribution in [1.82, 2.24) is 0 Å². The van der Waals surface area contributed by atoms with Gasteiger partial charge in [0.1, 0.15) is 34.1 Å². The van der Waals surface area contributed by atoms with E-state index in [9.17, 15) is 9.59 Å². The quantitative estimate of drug-likeness (QED) is 0.805. The number of carboxylic acids is 2. The molecule has 2 aromatic rings. The molecule has 0 fully saturated rings. The monoisotopic (exact) mass is 364 g/mol. The third-order valence-electron chi connectivity index (χ3n) is 3.27. The normalized spacial score (nSPS) is 9.38. The number of hydrogen-bond acceptors (Lipinski definition) is 6. The summed E-state index contributed by atoms with van der Waals surface area (Å²) < 4.78 is 19.5. The maximum atomic E-state index is 10.7. The van der Waals surface area contributed by atoms with Crippen LogP contribution in [0.3, 0.4) is 0 Å². The zero-order chi connectivity index (χ0) is 19.7. The fraction of sp³-hybridized carbons (Fsp3) is 0.222. The summed E-state index contributed by atoms with van der Waals surface area (Å²) >= 11 is 0. The van der Waals surface area contributed by atoms with Gasteiger partial charge in [-0.1, -0.05) is 0 Å². The van der Waals surface area contributed by atoms with Crippen LogP contribution < -0.4 is 18.9 Å². The van der Waals surface area contributed by atoms with E-state index in [2.05, 4.69) is 0 Å². The maximum Gasteiger partial charge on any atom is 0.339 e. The predicted octanol–water partition coefficient (Wildman–Crippen LogP) is 2.80. The number of carbonyl (C=O) groups is 2. The largest absolute Gasteiger partial charge is 0.497 e. The van der Waals surface area contributed by atoms with E-state index in [1.807, 2.05) is 0 Å². The molecule has 0 aliphatic carbocycles. The molecular weight excluding hydrogens is 344 g/mol. The molecule has 0 aromatic heterocycles. The van der Waals surface area contributed by atoms with Crippen LogP contribution >= 0.6 is 0 Å². The standard InChI is InChI=1S/2C9H10O4/c2*1-12-6-3-4-8(13-2)7(5-6)9(10)11/h2*3-5H,1-2H3,(H,10,11). The Labute approximate surface area is 150 Å². The smallest absolute Gasteiger partial charge is 0.339 e.